The van der Waals surface area contributed by atoms with Crippen LogP contribution in [0, 0.1) is 0 Å². The number of thioether (sulfide) groups is 1. The molecule has 5 nitrogen and oxygen atoms in total. The lowest BCUT2D eigenvalue weighted by Crippen LogP contribution is -2.31. The van der Waals surface area contributed by atoms with Gasteiger partial charge in [-0.1, -0.05) is 36.4 Å². The first-order chi connectivity index (χ1) is 11.6. The zero-order valence-corrected chi connectivity index (χ0v) is 14.9. The fourth-order valence-electron chi connectivity index (χ4n) is 2.58. The van der Waals surface area contributed by atoms with Gasteiger partial charge in [-0.2, -0.15) is 0 Å². The third kappa shape index (κ3) is 4.90. The Bertz CT molecular complexity index is 754. The number of amides is 1. The van der Waals surface area contributed by atoms with E-state index in [4.69, 9.17) is 9.84 Å². The van der Waals surface area contributed by atoms with Gasteiger partial charge in [0.15, 0.2) is 0 Å². The van der Waals surface area contributed by atoms with Crippen molar-refractivity contribution in [1.29, 1.82) is 0 Å². The molecule has 132 valence electrons. The predicted octanol–water partition coefficient (Wildman–Crippen LogP) is 4.27. The monoisotopic (exact) mass is 379 g/mol. The summed E-state index contributed by atoms with van der Waals surface area (Å²) in [6.07, 6.45) is 0.314. The summed E-state index contributed by atoms with van der Waals surface area (Å²) in [6, 6.07) is 14.3. The van der Waals surface area contributed by atoms with Crippen molar-refractivity contribution in [2.45, 2.75) is 24.0 Å². The van der Waals surface area contributed by atoms with Gasteiger partial charge in [-0.3, -0.25) is 0 Å². The third-order valence-electron chi connectivity index (χ3n) is 3.80. The molecular weight excluding hydrogens is 362 g/mol. The van der Waals surface area contributed by atoms with Crippen molar-refractivity contribution in [2.75, 3.05) is 5.75 Å². The zero-order chi connectivity index (χ0) is 16.9. The second-order valence-corrected chi connectivity index (χ2v) is 6.59. The summed E-state index contributed by atoms with van der Waals surface area (Å²) < 4.78 is 5.26. The van der Waals surface area contributed by atoms with Gasteiger partial charge in [0.25, 0.3) is 0 Å². The first kappa shape index (κ1) is 19.1. The number of carbonyl (C=O) groups is 2. The zero-order valence-electron chi connectivity index (χ0n) is 13.3. The van der Waals surface area contributed by atoms with Crippen molar-refractivity contribution in [2.24, 2.45) is 0 Å². The molecule has 0 spiro atoms. The van der Waals surface area contributed by atoms with E-state index in [1.807, 2.05) is 30.3 Å². The molecule has 0 saturated heterocycles. The quantitative estimate of drug-likeness (QED) is 0.829. The van der Waals surface area contributed by atoms with Crippen LogP contribution in [-0.2, 0) is 11.3 Å². The maximum Gasteiger partial charge on any atom is 0.407 e. The number of hydrogen-bond acceptors (Lipinski definition) is 4. The minimum Gasteiger partial charge on any atom is -0.478 e. The number of benzene rings is 2. The van der Waals surface area contributed by atoms with Gasteiger partial charge in [-0.15, -0.1) is 24.2 Å². The van der Waals surface area contributed by atoms with Gasteiger partial charge in [0.2, 0.25) is 0 Å². The van der Waals surface area contributed by atoms with Crippen molar-refractivity contribution in [3.63, 3.8) is 0 Å². The first-order valence-corrected chi connectivity index (χ1v) is 8.59. The van der Waals surface area contributed by atoms with Gasteiger partial charge in [0, 0.05) is 10.6 Å². The van der Waals surface area contributed by atoms with E-state index in [0.717, 1.165) is 28.2 Å². The number of fused-ring (bicyclic) bond motifs is 1. The van der Waals surface area contributed by atoms with E-state index in [1.54, 1.807) is 30.0 Å². The number of ether oxygens (including phenoxy) is 1. The minimum absolute atomic E-state index is 0. The standard InChI is InChI=1S/C18H17NO4S.ClH/c20-17(21)13-6-7-14-15(8-9-24-16(14)10-13)19-18(22)23-11-12-4-2-1-3-5-12;/h1-7,10,15H,8-9,11H2,(H,19,22)(H,20,21);1H. The molecule has 1 aliphatic rings. The molecule has 3 rings (SSSR count). The maximum absolute atomic E-state index is 12.0. The molecule has 0 aliphatic carbocycles. The third-order valence-corrected chi connectivity index (χ3v) is 4.91. The highest BCUT2D eigenvalue weighted by Gasteiger charge is 2.23. The van der Waals surface area contributed by atoms with Crippen LogP contribution in [-0.4, -0.2) is 22.9 Å². The van der Waals surface area contributed by atoms with Crippen LogP contribution in [0.25, 0.3) is 0 Å². The molecule has 1 unspecified atom stereocenters. The summed E-state index contributed by atoms with van der Waals surface area (Å²) in [4.78, 5) is 24.0. The van der Waals surface area contributed by atoms with Gasteiger partial charge < -0.3 is 15.2 Å². The second kappa shape index (κ2) is 8.78. The number of carboxylic acid groups (broad SMARTS) is 1. The van der Waals surface area contributed by atoms with Crippen molar-refractivity contribution >= 4 is 36.2 Å². The summed E-state index contributed by atoms with van der Waals surface area (Å²) >= 11 is 1.61. The molecule has 7 heteroatoms. The molecule has 1 atom stereocenters. The van der Waals surface area contributed by atoms with E-state index in [9.17, 15) is 9.59 Å². The van der Waals surface area contributed by atoms with Crippen LogP contribution in [0.4, 0.5) is 4.79 Å². The average Bonchev–Trinajstić information content (AvgIpc) is 2.60. The highest BCUT2D eigenvalue weighted by atomic mass is 35.5. The summed E-state index contributed by atoms with van der Waals surface area (Å²) in [6.45, 7) is 0.221. The van der Waals surface area contributed by atoms with Crippen LogP contribution < -0.4 is 5.32 Å². The molecule has 2 aromatic carbocycles. The number of carbonyl (C=O) groups excluding carboxylic acids is 1. The minimum atomic E-state index is -0.948. The second-order valence-electron chi connectivity index (χ2n) is 5.45. The molecule has 0 saturated carbocycles. The summed E-state index contributed by atoms with van der Waals surface area (Å²) in [5, 5.41) is 11.9. The molecule has 0 bridgehead atoms. The Morgan fingerprint density at radius 2 is 1.96 bits per heavy atom. The van der Waals surface area contributed by atoms with Crippen LogP contribution in [0.15, 0.2) is 53.4 Å². The van der Waals surface area contributed by atoms with E-state index < -0.39 is 12.1 Å². The average molecular weight is 380 g/mol. The molecule has 2 aromatic rings. The van der Waals surface area contributed by atoms with Crippen molar-refractivity contribution < 1.29 is 19.4 Å². The summed E-state index contributed by atoms with van der Waals surface area (Å²) in [7, 11) is 0. The lowest BCUT2D eigenvalue weighted by atomic mass is 10.0. The van der Waals surface area contributed by atoms with Crippen LogP contribution in [0.1, 0.15) is 33.9 Å². The molecule has 0 radical (unpaired) electrons. The molecule has 25 heavy (non-hydrogen) atoms. The Hall–Kier alpha value is -2.18. The normalized spacial score (nSPS) is 15.4. The largest absolute Gasteiger partial charge is 0.478 e. The van der Waals surface area contributed by atoms with E-state index >= 15 is 0 Å². The highest BCUT2D eigenvalue weighted by molar-refractivity contribution is 7.99. The number of hydrogen-bond donors (Lipinski definition) is 2. The van der Waals surface area contributed by atoms with Crippen LogP contribution in [0.3, 0.4) is 0 Å². The number of halogens is 1. The molecule has 2 N–H and O–H groups in total. The Morgan fingerprint density at radius 3 is 2.68 bits per heavy atom. The summed E-state index contributed by atoms with van der Waals surface area (Å²) in [5.74, 6) is -0.129. The molecule has 0 aromatic heterocycles. The van der Waals surface area contributed by atoms with E-state index in [-0.39, 0.29) is 30.6 Å². The van der Waals surface area contributed by atoms with Crippen LogP contribution in [0.2, 0.25) is 0 Å². The smallest absolute Gasteiger partial charge is 0.407 e. The fraction of sp³-hybridized carbons (Fsp3) is 0.222. The number of rotatable bonds is 4. The maximum atomic E-state index is 12.0. The number of aromatic carboxylic acids is 1. The van der Waals surface area contributed by atoms with Gasteiger partial charge in [-0.05, 0) is 29.7 Å². The molecule has 1 aliphatic heterocycles. The summed E-state index contributed by atoms with van der Waals surface area (Å²) in [5.41, 5.74) is 2.12. The molecular formula is C18H18ClNO4S. The predicted molar refractivity (Wildman–Crippen MR) is 98.5 cm³/mol. The van der Waals surface area contributed by atoms with Gasteiger partial charge in [-0.25, -0.2) is 9.59 Å². The van der Waals surface area contributed by atoms with Gasteiger partial charge in [0.1, 0.15) is 6.61 Å². The van der Waals surface area contributed by atoms with E-state index in [2.05, 4.69) is 5.32 Å². The number of alkyl carbamates (subject to hydrolysis) is 1. The van der Waals surface area contributed by atoms with Crippen molar-refractivity contribution in [3.8, 4) is 0 Å². The SMILES string of the molecule is Cl.O=C(NC1CCSc2cc(C(=O)O)ccc21)OCc1ccccc1. The highest BCUT2D eigenvalue weighted by Crippen LogP contribution is 2.36. The van der Waals surface area contributed by atoms with E-state index in [1.165, 1.54) is 0 Å². The van der Waals surface area contributed by atoms with Gasteiger partial charge in [0.05, 0.1) is 11.6 Å². The topological polar surface area (TPSA) is 75.6 Å². The lowest BCUT2D eigenvalue weighted by Gasteiger charge is -2.25. The van der Waals surface area contributed by atoms with Crippen LogP contribution >= 0.6 is 24.2 Å². The van der Waals surface area contributed by atoms with Crippen molar-refractivity contribution in [3.05, 3.63) is 65.2 Å². The van der Waals surface area contributed by atoms with Crippen LogP contribution in [0.5, 0.6) is 0 Å². The fourth-order valence-corrected chi connectivity index (χ4v) is 3.74. The number of nitrogens with one attached hydrogen (secondary N) is 1. The Balaban J connectivity index is 0.00000225. The molecule has 1 heterocycles. The lowest BCUT2D eigenvalue weighted by molar-refractivity contribution is 0.0696. The van der Waals surface area contributed by atoms with Gasteiger partial charge >= 0.3 is 12.1 Å². The Labute approximate surface area is 156 Å². The number of carboxylic acids is 1. The van der Waals surface area contributed by atoms with E-state index in [0.29, 0.717) is 0 Å². The molecule has 0 fully saturated rings. The van der Waals surface area contributed by atoms with Crippen molar-refractivity contribution in [1.82, 2.24) is 5.32 Å². The molecule has 1 amide bonds. The Morgan fingerprint density at radius 1 is 1.20 bits per heavy atom. The first-order valence-electron chi connectivity index (χ1n) is 7.61. The Kier molecular flexibility index (Phi) is 6.73.